The quantitative estimate of drug-likeness (QED) is 0.808. The molecule has 114 valence electrons. The van der Waals surface area contributed by atoms with E-state index >= 15 is 0 Å². The van der Waals surface area contributed by atoms with Crippen LogP contribution in [0.15, 0.2) is 42.5 Å². The Bertz CT molecular complexity index is 718. The zero-order valence-electron chi connectivity index (χ0n) is 12.2. The number of amides is 1. The van der Waals surface area contributed by atoms with E-state index in [1.54, 1.807) is 23.1 Å². The van der Waals surface area contributed by atoms with E-state index in [2.05, 4.69) is 11.8 Å². The molecule has 0 unspecified atom stereocenters. The lowest BCUT2D eigenvalue weighted by atomic mass is 10.1. The highest BCUT2D eigenvalue weighted by molar-refractivity contribution is 6.44. The molecule has 1 aliphatic heterocycles. The first kappa shape index (κ1) is 15.2. The Morgan fingerprint density at radius 2 is 1.77 bits per heavy atom. The molecule has 0 saturated heterocycles. The van der Waals surface area contributed by atoms with Gasteiger partial charge in [-0.05, 0) is 31.2 Å². The van der Waals surface area contributed by atoms with E-state index in [0.717, 1.165) is 24.5 Å². The average Bonchev–Trinajstić information content (AvgIpc) is 2.55. The maximum Gasteiger partial charge on any atom is 0.259 e. The number of nitrogens with zero attached hydrogens (tertiary/aromatic N) is 2. The number of carbonyl (C=O) groups is 1. The molecule has 0 saturated carbocycles. The van der Waals surface area contributed by atoms with E-state index in [4.69, 9.17) is 23.2 Å². The lowest BCUT2D eigenvalue weighted by molar-refractivity contribution is 0.0987. The van der Waals surface area contributed by atoms with Crippen LogP contribution in [0.25, 0.3) is 0 Å². The number of anilines is 2. The smallest absolute Gasteiger partial charge is 0.259 e. The summed E-state index contributed by atoms with van der Waals surface area (Å²) in [5, 5.41) is 0.706. The maximum atomic E-state index is 12.9. The van der Waals surface area contributed by atoms with Gasteiger partial charge in [0.15, 0.2) is 0 Å². The van der Waals surface area contributed by atoms with Crippen LogP contribution in [0.5, 0.6) is 0 Å². The van der Waals surface area contributed by atoms with Crippen LogP contribution in [0.3, 0.4) is 0 Å². The summed E-state index contributed by atoms with van der Waals surface area (Å²) in [7, 11) is 0. The summed E-state index contributed by atoms with van der Waals surface area (Å²) in [6, 6.07) is 13.1. The molecule has 2 aromatic rings. The second kappa shape index (κ2) is 6.19. The number of benzene rings is 2. The normalized spacial score (nSPS) is 14.0. The minimum absolute atomic E-state index is 0.115. The highest BCUT2D eigenvalue weighted by Gasteiger charge is 2.27. The predicted octanol–water partition coefficient (Wildman–Crippen LogP) is 4.48. The Hall–Kier alpha value is -1.71. The summed E-state index contributed by atoms with van der Waals surface area (Å²) < 4.78 is 0. The highest BCUT2D eigenvalue weighted by atomic mass is 35.5. The molecule has 0 bridgehead atoms. The molecule has 0 spiro atoms. The Labute approximate surface area is 140 Å². The van der Waals surface area contributed by atoms with Gasteiger partial charge in [-0.1, -0.05) is 41.4 Å². The molecule has 0 aliphatic carbocycles. The van der Waals surface area contributed by atoms with Gasteiger partial charge in [-0.25, -0.2) is 0 Å². The fourth-order valence-corrected chi connectivity index (χ4v) is 3.16. The first-order valence-electron chi connectivity index (χ1n) is 7.23. The van der Waals surface area contributed by atoms with Crippen LogP contribution >= 0.6 is 23.2 Å². The zero-order chi connectivity index (χ0) is 15.7. The SMILES string of the molecule is CCN1CCN(C(=O)c2cccc(Cl)c2Cl)c2ccccc21. The van der Waals surface area contributed by atoms with Gasteiger partial charge in [0.2, 0.25) is 0 Å². The molecular weight excluding hydrogens is 319 g/mol. The Balaban J connectivity index is 2.02. The standard InChI is InChI=1S/C17H16Cl2N2O/c1-2-20-10-11-21(15-9-4-3-8-14(15)20)17(22)12-6-5-7-13(18)16(12)19/h3-9H,2,10-11H2,1H3. The van der Waals surface area contributed by atoms with Gasteiger partial charge < -0.3 is 9.80 Å². The van der Waals surface area contributed by atoms with Crippen LogP contribution in [0, 0.1) is 0 Å². The fourth-order valence-electron chi connectivity index (χ4n) is 2.78. The Morgan fingerprint density at radius 3 is 2.50 bits per heavy atom. The van der Waals surface area contributed by atoms with E-state index in [9.17, 15) is 4.79 Å². The van der Waals surface area contributed by atoms with Gasteiger partial charge in [-0.2, -0.15) is 0 Å². The molecule has 1 aliphatic rings. The van der Waals surface area contributed by atoms with Crippen molar-refractivity contribution in [3.05, 3.63) is 58.1 Å². The van der Waals surface area contributed by atoms with Crippen molar-refractivity contribution in [3.63, 3.8) is 0 Å². The molecule has 0 fully saturated rings. The molecule has 5 heteroatoms. The Morgan fingerprint density at radius 1 is 1.05 bits per heavy atom. The summed E-state index contributed by atoms with van der Waals surface area (Å²) >= 11 is 12.2. The van der Waals surface area contributed by atoms with Crippen molar-refractivity contribution >= 4 is 40.5 Å². The number of carbonyl (C=O) groups excluding carboxylic acids is 1. The van der Waals surface area contributed by atoms with E-state index in [-0.39, 0.29) is 5.91 Å². The van der Waals surface area contributed by atoms with Crippen LogP contribution in [0.4, 0.5) is 11.4 Å². The third kappa shape index (κ3) is 2.55. The molecule has 0 N–H and O–H groups in total. The second-order valence-corrected chi connectivity index (χ2v) is 5.91. The lowest BCUT2D eigenvalue weighted by Gasteiger charge is -2.37. The van der Waals surface area contributed by atoms with Gasteiger partial charge in [0.1, 0.15) is 0 Å². The number of likely N-dealkylation sites (N-methyl/N-ethyl adjacent to an activating group) is 1. The van der Waals surface area contributed by atoms with E-state index in [1.807, 2.05) is 24.3 Å². The first-order chi connectivity index (χ1) is 10.6. The van der Waals surface area contributed by atoms with Crippen molar-refractivity contribution in [3.8, 4) is 0 Å². The van der Waals surface area contributed by atoms with Gasteiger partial charge in [-0.15, -0.1) is 0 Å². The largest absolute Gasteiger partial charge is 0.368 e. The molecule has 2 aromatic carbocycles. The summed E-state index contributed by atoms with van der Waals surface area (Å²) in [6.07, 6.45) is 0. The van der Waals surface area contributed by atoms with Crippen molar-refractivity contribution in [2.45, 2.75) is 6.92 Å². The van der Waals surface area contributed by atoms with Gasteiger partial charge >= 0.3 is 0 Å². The minimum atomic E-state index is -0.115. The summed E-state index contributed by atoms with van der Waals surface area (Å²) in [5.74, 6) is -0.115. The van der Waals surface area contributed by atoms with E-state index < -0.39 is 0 Å². The van der Waals surface area contributed by atoms with Crippen LogP contribution in [0.2, 0.25) is 10.0 Å². The number of fused-ring (bicyclic) bond motifs is 1. The van der Waals surface area contributed by atoms with Crippen molar-refractivity contribution < 1.29 is 4.79 Å². The molecular formula is C17H16Cl2N2O. The van der Waals surface area contributed by atoms with Crippen LogP contribution in [0.1, 0.15) is 17.3 Å². The van der Waals surface area contributed by atoms with Crippen molar-refractivity contribution in [1.82, 2.24) is 0 Å². The van der Waals surface area contributed by atoms with Crippen molar-refractivity contribution in [2.24, 2.45) is 0 Å². The Kier molecular flexibility index (Phi) is 4.27. The molecule has 22 heavy (non-hydrogen) atoms. The van der Waals surface area contributed by atoms with Gasteiger partial charge in [-0.3, -0.25) is 4.79 Å². The molecule has 0 aromatic heterocycles. The number of para-hydroxylation sites is 2. The average molecular weight is 335 g/mol. The minimum Gasteiger partial charge on any atom is -0.368 e. The molecule has 0 radical (unpaired) electrons. The number of hydrogen-bond donors (Lipinski definition) is 0. The maximum absolute atomic E-state index is 12.9. The van der Waals surface area contributed by atoms with Gasteiger partial charge in [0.25, 0.3) is 5.91 Å². The number of hydrogen-bond acceptors (Lipinski definition) is 2. The van der Waals surface area contributed by atoms with Gasteiger partial charge in [0, 0.05) is 19.6 Å². The van der Waals surface area contributed by atoms with Crippen molar-refractivity contribution in [1.29, 1.82) is 0 Å². The molecule has 3 nitrogen and oxygen atoms in total. The summed E-state index contributed by atoms with van der Waals surface area (Å²) in [6.45, 7) is 4.46. The zero-order valence-corrected chi connectivity index (χ0v) is 13.7. The number of halogens is 2. The molecule has 1 heterocycles. The number of rotatable bonds is 2. The summed E-state index contributed by atoms with van der Waals surface area (Å²) in [4.78, 5) is 16.9. The fraction of sp³-hybridized carbons (Fsp3) is 0.235. The predicted molar refractivity (Wildman–Crippen MR) is 92.5 cm³/mol. The van der Waals surface area contributed by atoms with Gasteiger partial charge in [0.05, 0.1) is 27.0 Å². The molecule has 1 amide bonds. The highest BCUT2D eigenvalue weighted by Crippen LogP contribution is 2.35. The van der Waals surface area contributed by atoms with Crippen LogP contribution in [-0.2, 0) is 0 Å². The topological polar surface area (TPSA) is 23.6 Å². The monoisotopic (exact) mass is 334 g/mol. The third-order valence-corrected chi connectivity index (χ3v) is 4.73. The lowest BCUT2D eigenvalue weighted by Crippen LogP contribution is -2.44. The molecule has 0 atom stereocenters. The third-order valence-electron chi connectivity index (χ3n) is 3.92. The first-order valence-corrected chi connectivity index (χ1v) is 7.99. The molecule has 3 rings (SSSR count). The van der Waals surface area contributed by atoms with E-state index in [1.165, 1.54) is 0 Å². The van der Waals surface area contributed by atoms with Crippen LogP contribution < -0.4 is 9.80 Å². The van der Waals surface area contributed by atoms with E-state index in [0.29, 0.717) is 22.2 Å². The summed E-state index contributed by atoms with van der Waals surface area (Å²) in [5.41, 5.74) is 2.42. The second-order valence-electron chi connectivity index (χ2n) is 5.13. The van der Waals surface area contributed by atoms with Crippen molar-refractivity contribution in [2.75, 3.05) is 29.4 Å². The van der Waals surface area contributed by atoms with Crippen LogP contribution in [-0.4, -0.2) is 25.5 Å².